The Morgan fingerprint density at radius 3 is 2.66 bits per heavy atom. The molecular weight excluding hydrogens is 440 g/mol. The summed E-state index contributed by atoms with van der Waals surface area (Å²) in [6.07, 6.45) is 3.89. The molecule has 10 nitrogen and oxygen atoms in total. The van der Waals surface area contributed by atoms with Crippen molar-refractivity contribution in [3.8, 4) is 0 Å². The van der Waals surface area contributed by atoms with Gasteiger partial charge in [0.05, 0.1) is 31.7 Å². The van der Waals surface area contributed by atoms with Crippen molar-refractivity contribution in [2.24, 2.45) is 0 Å². The lowest BCUT2D eigenvalue weighted by atomic mass is 9.99. The third-order valence-electron chi connectivity index (χ3n) is 5.66. The van der Waals surface area contributed by atoms with E-state index in [1.54, 1.807) is 18.0 Å². The lowest BCUT2D eigenvalue weighted by Crippen LogP contribution is -2.57. The molecule has 2 fully saturated rings. The smallest absolute Gasteiger partial charge is 0.328 e. The van der Waals surface area contributed by atoms with Crippen LogP contribution in [0.5, 0.6) is 0 Å². The normalized spacial score (nSPS) is 23.2. The molecule has 2 aliphatic rings. The molecule has 0 aromatic carbocycles. The molecule has 32 heavy (non-hydrogen) atoms. The maximum atomic E-state index is 13.5. The molecule has 0 spiro atoms. The molecule has 176 valence electrons. The number of carbonyl (C=O) groups is 4. The van der Waals surface area contributed by atoms with Gasteiger partial charge in [-0.15, -0.1) is 0 Å². The fraction of sp³-hybridized carbons (Fsp3) is 0.619. The molecule has 0 N–H and O–H groups in total. The average molecular weight is 468 g/mol. The van der Waals surface area contributed by atoms with Gasteiger partial charge in [-0.05, 0) is 37.8 Å². The first-order valence-corrected chi connectivity index (χ1v) is 11.5. The first kappa shape index (κ1) is 24.1. The Morgan fingerprint density at radius 1 is 1.16 bits per heavy atom. The van der Waals surface area contributed by atoms with Gasteiger partial charge in [0, 0.05) is 18.3 Å². The SMILES string of the molecule is COC(=O)[C@H]1CCCN1C(=O)[C@@H]1C[C@@H](SCc2ccco2)CCN1C(=O)COCC(=O)[O-]. The lowest BCUT2D eigenvalue weighted by Gasteiger charge is -2.40. The summed E-state index contributed by atoms with van der Waals surface area (Å²) >= 11 is 1.65. The summed E-state index contributed by atoms with van der Waals surface area (Å²) in [6, 6.07) is 2.28. The van der Waals surface area contributed by atoms with Crippen molar-refractivity contribution in [1.29, 1.82) is 0 Å². The number of hydrogen-bond acceptors (Lipinski definition) is 9. The van der Waals surface area contributed by atoms with Crippen LogP contribution in [0.15, 0.2) is 22.8 Å². The van der Waals surface area contributed by atoms with E-state index in [2.05, 4.69) is 0 Å². The molecule has 2 amide bonds. The van der Waals surface area contributed by atoms with Gasteiger partial charge in [-0.1, -0.05) is 0 Å². The Kier molecular flexibility index (Phi) is 8.57. The molecule has 3 rings (SSSR count). The number of carboxylic acids is 1. The van der Waals surface area contributed by atoms with E-state index in [0.29, 0.717) is 44.5 Å². The van der Waals surface area contributed by atoms with Gasteiger partial charge < -0.3 is 33.6 Å². The maximum Gasteiger partial charge on any atom is 0.328 e. The van der Waals surface area contributed by atoms with E-state index < -0.39 is 43.1 Å². The topological polar surface area (TPSA) is 129 Å². The zero-order chi connectivity index (χ0) is 23.1. The monoisotopic (exact) mass is 467 g/mol. The quantitative estimate of drug-likeness (QED) is 0.453. The van der Waals surface area contributed by atoms with Gasteiger partial charge in [0.2, 0.25) is 11.8 Å². The highest BCUT2D eigenvalue weighted by molar-refractivity contribution is 7.99. The molecule has 0 unspecified atom stereocenters. The first-order chi connectivity index (χ1) is 15.4. The number of carbonyl (C=O) groups excluding carboxylic acids is 4. The minimum atomic E-state index is -1.42. The minimum Gasteiger partial charge on any atom is -0.548 e. The number of carboxylic acid groups (broad SMARTS) is 1. The van der Waals surface area contributed by atoms with Crippen LogP contribution in [-0.2, 0) is 34.4 Å². The predicted molar refractivity (Wildman–Crippen MR) is 111 cm³/mol. The second-order valence-electron chi connectivity index (χ2n) is 7.72. The third-order valence-corrected chi connectivity index (χ3v) is 7.01. The lowest BCUT2D eigenvalue weighted by molar-refractivity contribution is -0.309. The fourth-order valence-electron chi connectivity index (χ4n) is 4.12. The van der Waals surface area contributed by atoms with E-state index >= 15 is 0 Å². The van der Waals surface area contributed by atoms with Gasteiger partial charge in [-0.2, -0.15) is 11.8 Å². The molecule has 1 aromatic rings. The van der Waals surface area contributed by atoms with Crippen LogP contribution in [0.3, 0.4) is 0 Å². The first-order valence-electron chi connectivity index (χ1n) is 10.5. The van der Waals surface area contributed by atoms with Crippen molar-refractivity contribution in [3.05, 3.63) is 24.2 Å². The fourth-order valence-corrected chi connectivity index (χ4v) is 5.27. The second-order valence-corrected chi connectivity index (χ2v) is 9.01. The standard InChI is InChI=1S/C21H28N2O8S/c1-29-21(28)16-5-2-7-23(16)20(27)17-10-15(32-13-14-4-3-9-31-14)6-8-22(17)18(24)11-30-12-19(25)26/h3-4,9,15-17H,2,5-8,10-13H2,1H3,(H,25,26)/p-1/t15-,16+,17-/m0/s1. The van der Waals surface area contributed by atoms with Gasteiger partial charge in [-0.25, -0.2) is 4.79 Å². The Bertz CT molecular complexity index is 815. The van der Waals surface area contributed by atoms with Crippen LogP contribution in [0.25, 0.3) is 0 Å². The molecule has 0 radical (unpaired) electrons. The van der Waals surface area contributed by atoms with E-state index in [1.165, 1.54) is 16.9 Å². The molecule has 0 bridgehead atoms. The van der Waals surface area contributed by atoms with Crippen LogP contribution in [0.1, 0.15) is 31.4 Å². The van der Waals surface area contributed by atoms with E-state index in [1.807, 2.05) is 12.1 Å². The number of rotatable bonds is 9. The Morgan fingerprint density at radius 2 is 1.97 bits per heavy atom. The van der Waals surface area contributed by atoms with Crippen LogP contribution in [-0.4, -0.2) is 84.3 Å². The number of aliphatic carboxylic acids is 1. The van der Waals surface area contributed by atoms with Crippen molar-refractivity contribution in [2.75, 3.05) is 33.4 Å². The molecule has 3 atom stereocenters. The van der Waals surface area contributed by atoms with E-state index in [4.69, 9.17) is 13.9 Å². The minimum absolute atomic E-state index is 0.112. The average Bonchev–Trinajstić information content (AvgIpc) is 3.48. The summed E-state index contributed by atoms with van der Waals surface area (Å²) in [5, 5.41) is 10.7. The number of ether oxygens (including phenoxy) is 2. The van der Waals surface area contributed by atoms with Gasteiger partial charge >= 0.3 is 5.97 Å². The van der Waals surface area contributed by atoms with Crippen LogP contribution in [0, 0.1) is 0 Å². The number of amides is 2. The van der Waals surface area contributed by atoms with Crippen LogP contribution < -0.4 is 5.11 Å². The van der Waals surface area contributed by atoms with Crippen LogP contribution in [0.4, 0.5) is 0 Å². The van der Waals surface area contributed by atoms with Crippen molar-refractivity contribution in [3.63, 3.8) is 0 Å². The second kappa shape index (κ2) is 11.4. The number of piperidine rings is 1. The number of esters is 1. The Labute approximate surface area is 190 Å². The van der Waals surface area contributed by atoms with E-state index in [-0.39, 0.29) is 11.2 Å². The van der Waals surface area contributed by atoms with Crippen molar-refractivity contribution in [2.45, 2.75) is 48.8 Å². The highest BCUT2D eigenvalue weighted by atomic mass is 32.2. The number of hydrogen-bond donors (Lipinski definition) is 0. The summed E-state index contributed by atoms with van der Waals surface area (Å²) in [6.45, 7) is -0.405. The summed E-state index contributed by atoms with van der Waals surface area (Å²) in [5.74, 6) is -1.17. The van der Waals surface area contributed by atoms with Gasteiger partial charge in [0.15, 0.2) is 0 Å². The Balaban J connectivity index is 1.70. The molecular formula is C21H27N2O8S-. The molecule has 0 aliphatic carbocycles. The zero-order valence-corrected chi connectivity index (χ0v) is 18.7. The van der Waals surface area contributed by atoms with E-state index in [0.717, 1.165) is 5.76 Å². The van der Waals surface area contributed by atoms with Crippen molar-refractivity contribution < 1.29 is 38.2 Å². The number of nitrogens with zero attached hydrogens (tertiary/aromatic N) is 2. The van der Waals surface area contributed by atoms with Gasteiger partial charge in [-0.3, -0.25) is 9.59 Å². The molecule has 2 saturated heterocycles. The number of methoxy groups -OCH3 is 1. The molecule has 3 heterocycles. The van der Waals surface area contributed by atoms with Crippen LogP contribution >= 0.6 is 11.8 Å². The molecule has 2 aliphatic heterocycles. The Hall–Kier alpha value is -2.53. The van der Waals surface area contributed by atoms with E-state index in [9.17, 15) is 24.3 Å². The molecule has 11 heteroatoms. The van der Waals surface area contributed by atoms with Crippen molar-refractivity contribution >= 4 is 35.5 Å². The third kappa shape index (κ3) is 6.04. The highest BCUT2D eigenvalue weighted by Gasteiger charge is 2.43. The summed E-state index contributed by atoms with van der Waals surface area (Å²) in [5.41, 5.74) is 0. The van der Waals surface area contributed by atoms with Gasteiger partial charge in [0.25, 0.3) is 0 Å². The van der Waals surface area contributed by atoms with Crippen molar-refractivity contribution in [1.82, 2.24) is 9.80 Å². The van der Waals surface area contributed by atoms with Crippen LogP contribution in [0.2, 0.25) is 0 Å². The summed E-state index contributed by atoms with van der Waals surface area (Å²) in [4.78, 5) is 51.8. The molecule has 0 saturated carbocycles. The largest absolute Gasteiger partial charge is 0.548 e. The highest BCUT2D eigenvalue weighted by Crippen LogP contribution is 2.32. The molecule has 1 aromatic heterocycles. The summed E-state index contributed by atoms with van der Waals surface area (Å²) in [7, 11) is 1.29. The number of thioether (sulfide) groups is 1. The maximum absolute atomic E-state index is 13.5. The number of furan rings is 1. The summed E-state index contributed by atoms with van der Waals surface area (Å²) < 4.78 is 15.1. The van der Waals surface area contributed by atoms with Gasteiger partial charge in [0.1, 0.15) is 24.5 Å². The predicted octanol–water partition coefficient (Wildman–Crippen LogP) is -0.197. The zero-order valence-electron chi connectivity index (χ0n) is 17.9. The number of likely N-dealkylation sites (tertiary alicyclic amines) is 2.